The molecule has 2 aliphatic heterocycles. The number of methoxy groups -OCH3 is 1. The SMILES string of the molecule is COC(=O)[C@H](Cc1ccc(N=[N+]=[N-])cc1)N1CC2=C[C@@H](C3CC3)n3c(=O)n(C)c(=O)n3[C@H]2[C@@H]1[C@@H](O)Cc1ccccc1. The van der Waals surface area contributed by atoms with E-state index in [-0.39, 0.29) is 24.1 Å². The van der Waals surface area contributed by atoms with Crippen molar-refractivity contribution < 1.29 is 14.6 Å². The summed E-state index contributed by atoms with van der Waals surface area (Å²) in [6.45, 7) is 0.330. The van der Waals surface area contributed by atoms with E-state index < -0.39 is 35.9 Å². The van der Waals surface area contributed by atoms with E-state index in [0.717, 1.165) is 34.1 Å². The summed E-state index contributed by atoms with van der Waals surface area (Å²) in [5, 5.41) is 15.5. The molecule has 0 bridgehead atoms. The van der Waals surface area contributed by atoms with Crippen molar-refractivity contribution in [2.45, 2.75) is 56.0 Å². The van der Waals surface area contributed by atoms with Gasteiger partial charge in [0.1, 0.15) is 6.04 Å². The zero-order valence-corrected chi connectivity index (χ0v) is 23.5. The Labute approximate surface area is 241 Å². The number of carbonyl (C=O) groups excluding carboxylic acids is 1. The Morgan fingerprint density at radius 2 is 1.71 bits per heavy atom. The maximum absolute atomic E-state index is 13.6. The van der Waals surface area contributed by atoms with Crippen molar-refractivity contribution in [2.24, 2.45) is 18.1 Å². The van der Waals surface area contributed by atoms with Crippen LogP contribution in [0, 0.1) is 5.92 Å². The van der Waals surface area contributed by atoms with E-state index in [1.165, 1.54) is 18.8 Å². The molecule has 0 amide bonds. The predicted molar refractivity (Wildman–Crippen MR) is 154 cm³/mol. The van der Waals surface area contributed by atoms with Gasteiger partial charge in [0.15, 0.2) is 0 Å². The standard InChI is InChI=1S/C30H33N7O5/c1-34-29(40)36-23(20-10-11-20)16-21-17-35(24(28(39)42-2)14-19-8-12-22(13-9-19)32-33-31)27(26(21)37(36)30(34)41)25(38)15-18-6-4-3-5-7-18/h3-9,12-13,16,20,23-27,38H,10-11,14-15,17H2,1-2H3/t23-,24-,25-,26+,27-/m0/s1. The molecule has 1 aliphatic carbocycles. The highest BCUT2D eigenvalue weighted by molar-refractivity contribution is 5.76. The van der Waals surface area contributed by atoms with Gasteiger partial charge in [-0.3, -0.25) is 9.69 Å². The number of aliphatic hydroxyl groups is 1. The molecule has 1 aromatic heterocycles. The maximum atomic E-state index is 13.6. The number of hydrogen-bond donors (Lipinski definition) is 1. The van der Waals surface area contributed by atoms with Crippen molar-refractivity contribution in [2.75, 3.05) is 13.7 Å². The fourth-order valence-corrected chi connectivity index (χ4v) is 6.60. The van der Waals surface area contributed by atoms with E-state index in [9.17, 15) is 19.5 Å². The molecule has 2 fully saturated rings. The quantitative estimate of drug-likeness (QED) is 0.137. The number of ether oxygens (including phenoxy) is 1. The van der Waals surface area contributed by atoms with Crippen LogP contribution in [0.25, 0.3) is 10.4 Å². The molecule has 3 heterocycles. The fourth-order valence-electron chi connectivity index (χ4n) is 6.60. The highest BCUT2D eigenvalue weighted by atomic mass is 16.5. The zero-order chi connectivity index (χ0) is 29.5. The smallest absolute Gasteiger partial charge is 0.347 e. The van der Waals surface area contributed by atoms with Gasteiger partial charge in [-0.25, -0.2) is 23.5 Å². The Bertz CT molecular complexity index is 1680. The number of hydrogen-bond acceptors (Lipinski definition) is 7. The van der Waals surface area contributed by atoms with E-state index in [2.05, 4.69) is 16.1 Å². The van der Waals surface area contributed by atoms with Gasteiger partial charge in [-0.15, -0.1) is 0 Å². The number of aliphatic hydroxyl groups excluding tert-OH is 1. The molecule has 1 saturated heterocycles. The number of azide groups is 1. The predicted octanol–water partition coefficient (Wildman–Crippen LogP) is 2.79. The average Bonchev–Trinajstić information content (AvgIpc) is 3.74. The minimum Gasteiger partial charge on any atom is -0.468 e. The minimum atomic E-state index is -0.976. The van der Waals surface area contributed by atoms with Gasteiger partial charge < -0.3 is 9.84 Å². The first kappa shape index (κ1) is 27.8. The van der Waals surface area contributed by atoms with Gasteiger partial charge in [0.2, 0.25) is 0 Å². The summed E-state index contributed by atoms with van der Waals surface area (Å²) >= 11 is 0. The fraction of sp³-hybridized carbons (Fsp3) is 0.433. The average molecular weight is 572 g/mol. The van der Waals surface area contributed by atoms with E-state index in [1.807, 2.05) is 35.2 Å². The van der Waals surface area contributed by atoms with Crippen molar-refractivity contribution in [1.82, 2.24) is 18.8 Å². The van der Waals surface area contributed by atoms with Crippen LogP contribution in [-0.2, 0) is 29.4 Å². The van der Waals surface area contributed by atoms with E-state index in [4.69, 9.17) is 10.3 Å². The van der Waals surface area contributed by atoms with Gasteiger partial charge in [-0.2, -0.15) is 0 Å². The third-order valence-corrected chi connectivity index (χ3v) is 8.77. The van der Waals surface area contributed by atoms with Crippen LogP contribution in [0.15, 0.2) is 80.9 Å². The lowest BCUT2D eigenvalue weighted by Crippen LogP contribution is -2.54. The van der Waals surface area contributed by atoms with Crippen LogP contribution in [-0.4, -0.2) is 61.7 Å². The summed E-state index contributed by atoms with van der Waals surface area (Å²) in [6, 6.07) is 14.1. The second-order valence-electron chi connectivity index (χ2n) is 11.3. The first-order valence-corrected chi connectivity index (χ1v) is 14.1. The van der Waals surface area contributed by atoms with E-state index in [0.29, 0.717) is 18.7 Å². The number of aromatic nitrogens is 3. The minimum absolute atomic E-state index is 0.255. The lowest BCUT2D eigenvalue weighted by molar-refractivity contribution is -0.148. The van der Waals surface area contributed by atoms with Crippen LogP contribution in [0.4, 0.5) is 5.69 Å². The number of likely N-dealkylation sites (tertiary alicyclic amines) is 1. The summed E-state index contributed by atoms with van der Waals surface area (Å²) in [5.74, 6) is -0.209. The highest BCUT2D eigenvalue weighted by Crippen LogP contribution is 2.47. The van der Waals surface area contributed by atoms with Crippen LogP contribution >= 0.6 is 0 Å². The Morgan fingerprint density at radius 1 is 1.05 bits per heavy atom. The second-order valence-corrected chi connectivity index (χ2v) is 11.3. The second kappa shape index (κ2) is 11.1. The third-order valence-electron chi connectivity index (χ3n) is 8.77. The number of carbonyl (C=O) groups is 1. The lowest BCUT2D eigenvalue weighted by atomic mass is 9.92. The Morgan fingerprint density at radius 3 is 2.36 bits per heavy atom. The molecule has 0 unspecified atom stereocenters. The van der Waals surface area contributed by atoms with Gasteiger partial charge in [0.05, 0.1) is 31.3 Å². The monoisotopic (exact) mass is 571 g/mol. The molecule has 12 heteroatoms. The highest BCUT2D eigenvalue weighted by Gasteiger charge is 2.52. The molecule has 218 valence electrons. The first-order chi connectivity index (χ1) is 20.3. The molecule has 1 saturated carbocycles. The molecular formula is C30H33N7O5. The molecule has 5 atom stereocenters. The zero-order valence-electron chi connectivity index (χ0n) is 23.5. The van der Waals surface area contributed by atoms with Crippen LogP contribution < -0.4 is 11.4 Å². The Kier molecular flexibility index (Phi) is 7.36. The van der Waals surface area contributed by atoms with Gasteiger partial charge in [-0.1, -0.05) is 65.8 Å². The van der Waals surface area contributed by atoms with Gasteiger partial charge in [0.25, 0.3) is 0 Å². The van der Waals surface area contributed by atoms with Crippen LogP contribution in [0.3, 0.4) is 0 Å². The van der Waals surface area contributed by atoms with Crippen molar-refractivity contribution in [3.63, 3.8) is 0 Å². The first-order valence-electron chi connectivity index (χ1n) is 14.1. The van der Waals surface area contributed by atoms with Crippen molar-refractivity contribution in [3.05, 3.63) is 109 Å². The summed E-state index contributed by atoms with van der Waals surface area (Å²) in [7, 11) is 2.81. The normalized spacial score (nSPS) is 22.8. The number of nitrogens with zero attached hydrogens (tertiary/aromatic N) is 7. The molecule has 42 heavy (non-hydrogen) atoms. The van der Waals surface area contributed by atoms with Crippen LogP contribution in [0.5, 0.6) is 0 Å². The number of fused-ring (bicyclic) bond motifs is 3. The topological polar surface area (TPSA) is 147 Å². The molecule has 0 radical (unpaired) electrons. The maximum Gasteiger partial charge on any atom is 0.347 e. The van der Waals surface area contributed by atoms with Crippen molar-refractivity contribution in [3.8, 4) is 0 Å². The Hall–Kier alpha value is -4.38. The molecule has 3 aromatic rings. The van der Waals surface area contributed by atoms with Gasteiger partial charge >= 0.3 is 17.3 Å². The summed E-state index contributed by atoms with van der Waals surface area (Å²) in [5.41, 5.74) is 11.0. The molecule has 6 rings (SSSR count). The lowest BCUT2D eigenvalue weighted by Gasteiger charge is -2.37. The Balaban J connectivity index is 1.45. The van der Waals surface area contributed by atoms with Crippen LogP contribution in [0.1, 0.15) is 36.1 Å². The number of benzene rings is 2. The molecule has 2 aromatic carbocycles. The molecule has 12 nitrogen and oxygen atoms in total. The molecule has 3 aliphatic rings. The van der Waals surface area contributed by atoms with Gasteiger partial charge in [-0.05, 0) is 53.8 Å². The molecule has 0 spiro atoms. The third kappa shape index (κ3) is 4.87. The number of esters is 1. The largest absolute Gasteiger partial charge is 0.468 e. The summed E-state index contributed by atoms with van der Waals surface area (Å²) < 4.78 is 9.47. The van der Waals surface area contributed by atoms with E-state index >= 15 is 0 Å². The van der Waals surface area contributed by atoms with E-state index in [1.54, 1.807) is 28.9 Å². The number of rotatable bonds is 9. The van der Waals surface area contributed by atoms with Crippen molar-refractivity contribution >= 4 is 11.7 Å². The van der Waals surface area contributed by atoms with Gasteiger partial charge in [0, 0.05) is 24.2 Å². The van der Waals surface area contributed by atoms with Crippen LogP contribution in [0.2, 0.25) is 0 Å². The summed E-state index contributed by atoms with van der Waals surface area (Å²) in [4.78, 5) is 45.0. The summed E-state index contributed by atoms with van der Waals surface area (Å²) in [6.07, 6.45) is 3.59. The molecular weight excluding hydrogens is 538 g/mol. The molecule has 1 N–H and O–H groups in total. The number of allylic oxidation sites excluding steroid dienone is 1. The van der Waals surface area contributed by atoms with Crippen molar-refractivity contribution in [1.29, 1.82) is 0 Å².